The molecule has 0 radical (unpaired) electrons. The molecule has 0 heterocycles. The maximum absolute atomic E-state index is 12.9. The number of carbonyl (C=O) groups excluding carboxylic acids is 1. The van der Waals surface area contributed by atoms with Crippen molar-refractivity contribution in [3.63, 3.8) is 0 Å². The molecule has 3 nitrogen and oxygen atoms in total. The number of rotatable bonds is 3. The Labute approximate surface area is 113 Å². The third-order valence-corrected chi connectivity index (χ3v) is 2.09. The van der Waals surface area contributed by atoms with Gasteiger partial charge in [-0.1, -0.05) is 19.9 Å². The van der Waals surface area contributed by atoms with Crippen molar-refractivity contribution in [1.82, 2.24) is 0 Å². The van der Waals surface area contributed by atoms with Gasteiger partial charge in [0.15, 0.2) is 0 Å². The lowest BCUT2D eigenvalue weighted by Gasteiger charge is -2.23. The minimum atomic E-state index is -0.773. The van der Waals surface area contributed by atoms with Crippen LogP contribution in [-0.2, 0) is 10.3 Å². The molecule has 0 fully saturated rings. The van der Waals surface area contributed by atoms with Crippen LogP contribution >= 0.6 is 0 Å². The lowest BCUT2D eigenvalue weighted by atomic mass is 9.90. The first-order valence-electron chi connectivity index (χ1n) is 5.89. The van der Waals surface area contributed by atoms with Gasteiger partial charge in [-0.25, -0.2) is 8.78 Å². The van der Waals surface area contributed by atoms with Crippen molar-refractivity contribution < 1.29 is 13.6 Å². The van der Waals surface area contributed by atoms with Gasteiger partial charge in [0.25, 0.3) is 0 Å². The summed E-state index contributed by atoms with van der Waals surface area (Å²) in [7, 11) is 0. The molecule has 5 heteroatoms. The number of amides is 1. The molecule has 1 amide bonds. The van der Waals surface area contributed by atoms with Gasteiger partial charge in [-0.2, -0.15) is 0 Å². The predicted molar refractivity (Wildman–Crippen MR) is 74.3 cm³/mol. The van der Waals surface area contributed by atoms with Gasteiger partial charge < -0.3 is 11.5 Å². The van der Waals surface area contributed by atoms with E-state index in [9.17, 15) is 8.78 Å². The topological polar surface area (TPSA) is 69.1 Å². The molecule has 0 spiro atoms. The second-order valence-corrected chi connectivity index (χ2v) is 3.70. The maximum atomic E-state index is 12.9. The van der Waals surface area contributed by atoms with Crippen molar-refractivity contribution in [3.05, 3.63) is 48.1 Å². The number of halogens is 2. The van der Waals surface area contributed by atoms with Gasteiger partial charge >= 0.3 is 0 Å². The van der Waals surface area contributed by atoms with Crippen molar-refractivity contribution in [2.75, 3.05) is 0 Å². The van der Waals surface area contributed by atoms with Crippen molar-refractivity contribution >= 4 is 6.41 Å². The van der Waals surface area contributed by atoms with Gasteiger partial charge in [0.2, 0.25) is 6.41 Å². The van der Waals surface area contributed by atoms with Crippen LogP contribution in [0, 0.1) is 11.6 Å². The van der Waals surface area contributed by atoms with Gasteiger partial charge in [0.05, 0.1) is 0 Å². The smallest absolute Gasteiger partial charge is 0.204 e. The van der Waals surface area contributed by atoms with E-state index in [1.807, 2.05) is 13.8 Å². The Morgan fingerprint density at radius 3 is 1.95 bits per heavy atom. The van der Waals surface area contributed by atoms with E-state index in [1.165, 1.54) is 12.1 Å². The van der Waals surface area contributed by atoms with Gasteiger partial charge in [0.1, 0.15) is 11.6 Å². The predicted octanol–water partition coefficient (Wildman–Crippen LogP) is 2.84. The van der Waals surface area contributed by atoms with Gasteiger partial charge in [-0.3, -0.25) is 4.79 Å². The van der Waals surface area contributed by atoms with Gasteiger partial charge in [0, 0.05) is 11.6 Å². The summed E-state index contributed by atoms with van der Waals surface area (Å²) in [6, 6.07) is 3.31. The molecule has 1 aromatic rings. The van der Waals surface area contributed by atoms with Crippen molar-refractivity contribution in [2.24, 2.45) is 11.5 Å². The molecule has 19 heavy (non-hydrogen) atoms. The lowest BCUT2D eigenvalue weighted by molar-refractivity contribution is -0.106. The quantitative estimate of drug-likeness (QED) is 0.656. The molecule has 0 aliphatic heterocycles. The lowest BCUT2D eigenvalue weighted by Crippen LogP contribution is -2.32. The minimum absolute atomic E-state index is 0.250. The highest BCUT2D eigenvalue weighted by atomic mass is 19.1. The second kappa shape index (κ2) is 10.2. The summed E-state index contributed by atoms with van der Waals surface area (Å²) in [5, 5.41) is 0. The number of nitrogens with two attached hydrogens (primary N) is 2. The summed E-state index contributed by atoms with van der Waals surface area (Å²) in [5.74, 6) is -1.22. The fraction of sp³-hybridized carbons (Fsp3) is 0.357. The van der Waals surface area contributed by atoms with Crippen LogP contribution in [0.25, 0.3) is 0 Å². The Bertz CT molecular complexity index is 373. The summed E-state index contributed by atoms with van der Waals surface area (Å²) in [5.41, 5.74) is 9.72. The molecule has 108 valence electrons. The standard InChI is InChI=1S/C11H13F2N.C2H6.CH3NO/c1-3-4-11(2,14)8-5-9(12)7-10(13)6-8;1-2;2-1-3/h3,5-7H,1,4,14H2,2H3;1-2H3;1H,(H2,2,3). The zero-order chi connectivity index (χ0) is 15.5. The van der Waals surface area contributed by atoms with Gasteiger partial charge in [-0.05, 0) is 31.0 Å². The Balaban J connectivity index is 0. The summed E-state index contributed by atoms with van der Waals surface area (Å²) in [6.45, 7) is 9.26. The van der Waals surface area contributed by atoms with Crippen molar-refractivity contribution in [1.29, 1.82) is 0 Å². The highest BCUT2D eigenvalue weighted by Gasteiger charge is 2.20. The van der Waals surface area contributed by atoms with Crippen LogP contribution in [0.1, 0.15) is 32.8 Å². The number of carbonyl (C=O) groups is 1. The van der Waals surface area contributed by atoms with Crippen LogP contribution in [0.5, 0.6) is 0 Å². The van der Waals surface area contributed by atoms with Crippen molar-refractivity contribution in [2.45, 2.75) is 32.7 Å². The van der Waals surface area contributed by atoms with E-state index >= 15 is 0 Å². The van der Waals surface area contributed by atoms with E-state index in [2.05, 4.69) is 12.3 Å². The normalized spacial score (nSPS) is 11.9. The first-order chi connectivity index (χ1) is 8.87. The zero-order valence-corrected chi connectivity index (χ0v) is 11.6. The highest BCUT2D eigenvalue weighted by molar-refractivity contribution is 5.42. The number of benzene rings is 1. The average Bonchev–Trinajstić information content (AvgIpc) is 2.31. The third-order valence-electron chi connectivity index (χ3n) is 2.09. The number of hydrogen-bond donors (Lipinski definition) is 2. The van der Waals surface area contributed by atoms with Crippen molar-refractivity contribution in [3.8, 4) is 0 Å². The minimum Gasteiger partial charge on any atom is -0.372 e. The molecule has 1 unspecified atom stereocenters. The van der Waals surface area contributed by atoms with Crippen LogP contribution in [0.3, 0.4) is 0 Å². The zero-order valence-electron chi connectivity index (χ0n) is 11.6. The SMILES string of the molecule is C=CCC(C)(N)c1cc(F)cc(F)c1.CC.NC=O. The Kier molecular flexibility index (Phi) is 10.5. The summed E-state index contributed by atoms with van der Waals surface area (Å²) < 4.78 is 25.8. The molecular formula is C14H22F2N2O. The number of hydrogen-bond acceptors (Lipinski definition) is 2. The second-order valence-electron chi connectivity index (χ2n) is 3.70. The number of primary amides is 1. The Morgan fingerprint density at radius 2 is 1.63 bits per heavy atom. The third kappa shape index (κ3) is 8.05. The fourth-order valence-electron chi connectivity index (χ4n) is 1.30. The molecule has 1 rings (SSSR count). The van der Waals surface area contributed by atoms with E-state index < -0.39 is 17.2 Å². The van der Waals surface area contributed by atoms with E-state index in [0.29, 0.717) is 12.0 Å². The average molecular weight is 272 g/mol. The van der Waals surface area contributed by atoms with Crippen LogP contribution in [0.2, 0.25) is 0 Å². The molecule has 0 saturated carbocycles. The molecule has 1 aromatic carbocycles. The maximum Gasteiger partial charge on any atom is 0.204 e. The Hall–Kier alpha value is -1.75. The molecule has 0 bridgehead atoms. The summed E-state index contributed by atoms with van der Waals surface area (Å²) >= 11 is 0. The van der Waals surface area contributed by atoms with E-state index in [-0.39, 0.29) is 6.41 Å². The Morgan fingerprint density at radius 1 is 1.26 bits per heavy atom. The monoisotopic (exact) mass is 272 g/mol. The molecule has 0 aliphatic carbocycles. The first kappa shape index (κ1) is 19.6. The van der Waals surface area contributed by atoms with E-state index in [1.54, 1.807) is 13.0 Å². The largest absolute Gasteiger partial charge is 0.372 e. The van der Waals surface area contributed by atoms with Crippen LogP contribution in [0.15, 0.2) is 30.9 Å². The highest BCUT2D eigenvalue weighted by Crippen LogP contribution is 2.23. The molecular weight excluding hydrogens is 250 g/mol. The van der Waals surface area contributed by atoms with E-state index in [4.69, 9.17) is 10.5 Å². The summed E-state index contributed by atoms with van der Waals surface area (Å²) in [6.07, 6.45) is 2.35. The summed E-state index contributed by atoms with van der Waals surface area (Å²) in [4.78, 5) is 8.58. The van der Waals surface area contributed by atoms with Crippen LogP contribution < -0.4 is 11.5 Å². The van der Waals surface area contributed by atoms with Crippen LogP contribution in [-0.4, -0.2) is 6.41 Å². The van der Waals surface area contributed by atoms with E-state index in [0.717, 1.165) is 6.07 Å². The first-order valence-corrected chi connectivity index (χ1v) is 5.89. The molecule has 0 aromatic heterocycles. The van der Waals surface area contributed by atoms with Crippen LogP contribution in [0.4, 0.5) is 8.78 Å². The molecule has 1 atom stereocenters. The molecule has 0 aliphatic rings. The fourth-order valence-corrected chi connectivity index (χ4v) is 1.30. The molecule has 4 N–H and O–H groups in total. The van der Waals surface area contributed by atoms with Gasteiger partial charge in [-0.15, -0.1) is 6.58 Å². The molecule has 0 saturated heterocycles.